The molecule has 3 nitrogen and oxygen atoms in total. The fraction of sp³-hybridized carbons (Fsp3) is 0.231. The molecule has 0 aliphatic carbocycles. The number of hydrogen-bond donors (Lipinski definition) is 1. The zero-order valence-corrected chi connectivity index (χ0v) is 11.2. The smallest absolute Gasteiger partial charge is 0.123 e. The Morgan fingerprint density at radius 2 is 2.18 bits per heavy atom. The SMILES string of the molecule is Cc1ccc(Br)cc1OCc1ccoc1CN. The zero-order valence-electron chi connectivity index (χ0n) is 9.57. The molecule has 0 atom stereocenters. The number of furan rings is 1. The molecule has 0 fully saturated rings. The second kappa shape index (κ2) is 5.38. The van der Waals surface area contributed by atoms with Gasteiger partial charge >= 0.3 is 0 Å². The zero-order chi connectivity index (χ0) is 12.3. The Bertz CT molecular complexity index is 508. The first kappa shape index (κ1) is 12.2. The standard InChI is InChI=1S/C13H14BrNO2/c1-9-2-3-11(14)6-12(9)17-8-10-4-5-16-13(10)7-15/h2-6H,7-8,15H2,1H3. The van der Waals surface area contributed by atoms with Crippen LogP contribution in [0.4, 0.5) is 0 Å². The van der Waals surface area contributed by atoms with Gasteiger partial charge in [0.05, 0.1) is 12.8 Å². The van der Waals surface area contributed by atoms with Crippen molar-refractivity contribution >= 4 is 15.9 Å². The third-order valence-corrected chi connectivity index (χ3v) is 3.05. The monoisotopic (exact) mass is 295 g/mol. The molecular formula is C13H14BrNO2. The van der Waals surface area contributed by atoms with Crippen molar-refractivity contribution in [1.29, 1.82) is 0 Å². The second-order valence-corrected chi connectivity index (χ2v) is 4.69. The molecule has 90 valence electrons. The van der Waals surface area contributed by atoms with Crippen LogP contribution in [0.5, 0.6) is 5.75 Å². The Balaban J connectivity index is 2.09. The van der Waals surface area contributed by atoms with Gasteiger partial charge in [-0.15, -0.1) is 0 Å². The lowest BCUT2D eigenvalue weighted by Crippen LogP contribution is -2.02. The number of benzene rings is 1. The molecule has 0 aliphatic heterocycles. The Morgan fingerprint density at radius 1 is 1.35 bits per heavy atom. The normalized spacial score (nSPS) is 10.5. The van der Waals surface area contributed by atoms with E-state index in [-0.39, 0.29) is 0 Å². The quantitative estimate of drug-likeness (QED) is 0.940. The average molecular weight is 296 g/mol. The van der Waals surface area contributed by atoms with Gasteiger partial charge in [-0.1, -0.05) is 22.0 Å². The van der Waals surface area contributed by atoms with Crippen LogP contribution in [0.15, 0.2) is 39.4 Å². The van der Waals surface area contributed by atoms with Gasteiger partial charge in [0.15, 0.2) is 0 Å². The molecule has 0 saturated heterocycles. The number of nitrogens with two attached hydrogens (primary N) is 1. The largest absolute Gasteiger partial charge is 0.488 e. The van der Waals surface area contributed by atoms with E-state index in [0.29, 0.717) is 13.2 Å². The van der Waals surface area contributed by atoms with E-state index in [4.69, 9.17) is 14.9 Å². The highest BCUT2D eigenvalue weighted by Gasteiger charge is 2.06. The summed E-state index contributed by atoms with van der Waals surface area (Å²) in [4.78, 5) is 0. The summed E-state index contributed by atoms with van der Waals surface area (Å²) in [5, 5.41) is 0. The summed E-state index contributed by atoms with van der Waals surface area (Å²) in [6, 6.07) is 7.84. The van der Waals surface area contributed by atoms with E-state index in [1.54, 1.807) is 6.26 Å². The summed E-state index contributed by atoms with van der Waals surface area (Å²) in [6.07, 6.45) is 1.63. The molecule has 1 aromatic heterocycles. The van der Waals surface area contributed by atoms with Crippen molar-refractivity contribution in [2.45, 2.75) is 20.1 Å². The van der Waals surface area contributed by atoms with Crippen LogP contribution < -0.4 is 10.5 Å². The van der Waals surface area contributed by atoms with Crippen molar-refractivity contribution < 1.29 is 9.15 Å². The highest BCUT2D eigenvalue weighted by Crippen LogP contribution is 2.24. The van der Waals surface area contributed by atoms with E-state index < -0.39 is 0 Å². The molecule has 17 heavy (non-hydrogen) atoms. The summed E-state index contributed by atoms with van der Waals surface area (Å²) in [7, 11) is 0. The molecule has 1 aromatic carbocycles. The van der Waals surface area contributed by atoms with Crippen LogP contribution in [0.25, 0.3) is 0 Å². The highest BCUT2D eigenvalue weighted by atomic mass is 79.9. The van der Waals surface area contributed by atoms with Crippen LogP contribution in [0.3, 0.4) is 0 Å². The lowest BCUT2D eigenvalue weighted by Gasteiger charge is -2.09. The summed E-state index contributed by atoms with van der Waals surface area (Å²) >= 11 is 3.42. The first-order valence-corrected chi connectivity index (χ1v) is 6.14. The van der Waals surface area contributed by atoms with E-state index >= 15 is 0 Å². The molecule has 0 bridgehead atoms. The third kappa shape index (κ3) is 2.90. The van der Waals surface area contributed by atoms with Gasteiger partial charge < -0.3 is 14.9 Å². The minimum atomic E-state index is 0.392. The Labute approximate surface area is 109 Å². The maximum atomic E-state index is 5.76. The summed E-state index contributed by atoms with van der Waals surface area (Å²) < 4.78 is 12.0. The van der Waals surface area contributed by atoms with Crippen molar-refractivity contribution in [3.8, 4) is 5.75 Å². The molecule has 0 radical (unpaired) electrons. The summed E-state index contributed by atoms with van der Waals surface area (Å²) in [5.41, 5.74) is 7.66. The molecule has 0 unspecified atom stereocenters. The van der Waals surface area contributed by atoms with Crippen LogP contribution >= 0.6 is 15.9 Å². The van der Waals surface area contributed by atoms with Crippen LogP contribution in [-0.4, -0.2) is 0 Å². The van der Waals surface area contributed by atoms with Gasteiger partial charge in [-0.3, -0.25) is 0 Å². The fourth-order valence-corrected chi connectivity index (χ4v) is 1.90. The first-order valence-electron chi connectivity index (χ1n) is 5.35. The minimum absolute atomic E-state index is 0.392. The number of ether oxygens (including phenoxy) is 1. The lowest BCUT2D eigenvalue weighted by atomic mass is 10.2. The third-order valence-electron chi connectivity index (χ3n) is 2.56. The van der Waals surface area contributed by atoms with Gasteiger partial charge in [-0.05, 0) is 30.7 Å². The molecule has 0 aliphatic rings. The van der Waals surface area contributed by atoms with Crippen LogP contribution in [-0.2, 0) is 13.2 Å². The van der Waals surface area contributed by atoms with E-state index in [0.717, 1.165) is 27.1 Å². The topological polar surface area (TPSA) is 48.4 Å². The first-order chi connectivity index (χ1) is 8.20. The predicted molar refractivity (Wildman–Crippen MR) is 69.8 cm³/mol. The van der Waals surface area contributed by atoms with Gasteiger partial charge in [0.1, 0.15) is 18.1 Å². The molecule has 0 saturated carbocycles. The van der Waals surface area contributed by atoms with Crippen molar-refractivity contribution in [2.75, 3.05) is 0 Å². The Hall–Kier alpha value is -1.26. The van der Waals surface area contributed by atoms with E-state index in [2.05, 4.69) is 15.9 Å². The van der Waals surface area contributed by atoms with Crippen molar-refractivity contribution in [3.63, 3.8) is 0 Å². The fourth-order valence-electron chi connectivity index (χ4n) is 1.56. The van der Waals surface area contributed by atoms with Crippen LogP contribution in [0.2, 0.25) is 0 Å². The van der Waals surface area contributed by atoms with Gasteiger partial charge in [0, 0.05) is 10.0 Å². The average Bonchev–Trinajstić information content (AvgIpc) is 2.77. The van der Waals surface area contributed by atoms with Crippen LogP contribution in [0.1, 0.15) is 16.9 Å². The molecule has 2 rings (SSSR count). The Kier molecular flexibility index (Phi) is 3.86. The van der Waals surface area contributed by atoms with Crippen molar-refractivity contribution in [3.05, 3.63) is 51.9 Å². The number of halogens is 1. The van der Waals surface area contributed by atoms with Crippen LogP contribution in [0, 0.1) is 6.92 Å². The molecule has 0 spiro atoms. The Morgan fingerprint density at radius 3 is 2.94 bits per heavy atom. The molecule has 1 heterocycles. The second-order valence-electron chi connectivity index (χ2n) is 3.77. The van der Waals surface area contributed by atoms with Gasteiger partial charge in [-0.25, -0.2) is 0 Å². The molecular weight excluding hydrogens is 282 g/mol. The van der Waals surface area contributed by atoms with E-state index in [9.17, 15) is 0 Å². The number of hydrogen-bond acceptors (Lipinski definition) is 3. The van der Waals surface area contributed by atoms with E-state index in [1.165, 1.54) is 0 Å². The molecule has 4 heteroatoms. The predicted octanol–water partition coefficient (Wildman–Crippen LogP) is 3.39. The summed E-state index contributed by atoms with van der Waals surface area (Å²) in [5.74, 6) is 1.64. The van der Waals surface area contributed by atoms with Gasteiger partial charge in [0.25, 0.3) is 0 Å². The lowest BCUT2D eigenvalue weighted by molar-refractivity contribution is 0.300. The maximum absolute atomic E-state index is 5.76. The minimum Gasteiger partial charge on any atom is -0.488 e. The van der Waals surface area contributed by atoms with Gasteiger partial charge in [0.2, 0.25) is 0 Å². The van der Waals surface area contributed by atoms with Crippen molar-refractivity contribution in [2.24, 2.45) is 5.73 Å². The molecule has 0 amide bonds. The van der Waals surface area contributed by atoms with Crippen molar-refractivity contribution in [1.82, 2.24) is 0 Å². The van der Waals surface area contributed by atoms with E-state index in [1.807, 2.05) is 31.2 Å². The van der Waals surface area contributed by atoms with Gasteiger partial charge in [-0.2, -0.15) is 0 Å². The highest BCUT2D eigenvalue weighted by molar-refractivity contribution is 9.10. The molecule has 2 N–H and O–H groups in total. The number of rotatable bonds is 4. The summed E-state index contributed by atoms with van der Waals surface area (Å²) in [6.45, 7) is 2.88. The number of aryl methyl sites for hydroxylation is 1. The maximum Gasteiger partial charge on any atom is 0.123 e. The molecule has 2 aromatic rings.